The topological polar surface area (TPSA) is 113 Å². The van der Waals surface area contributed by atoms with Crippen LogP contribution >= 0.6 is 0 Å². The van der Waals surface area contributed by atoms with Crippen molar-refractivity contribution in [2.45, 2.75) is 31.9 Å². The maximum atomic E-state index is 12.4. The molecular weight excluding hydrogens is 400 g/mol. The summed E-state index contributed by atoms with van der Waals surface area (Å²) in [4.78, 5) is 50.6. The van der Waals surface area contributed by atoms with Crippen molar-refractivity contribution in [3.05, 3.63) is 71.3 Å². The highest BCUT2D eigenvalue weighted by Crippen LogP contribution is 2.23. The Hall–Kier alpha value is -3.52. The first kappa shape index (κ1) is 22.2. The number of carbonyl (C=O) groups excluding carboxylic acids is 4. The Morgan fingerprint density at radius 2 is 1.58 bits per heavy atom. The van der Waals surface area contributed by atoms with Crippen molar-refractivity contribution in [3.8, 4) is 0 Å². The van der Waals surface area contributed by atoms with E-state index in [4.69, 9.17) is 4.74 Å². The molecule has 2 atom stereocenters. The fourth-order valence-electron chi connectivity index (χ4n) is 3.43. The van der Waals surface area contributed by atoms with E-state index in [0.29, 0.717) is 16.7 Å². The molecule has 0 aromatic heterocycles. The highest BCUT2D eigenvalue weighted by atomic mass is 16.5. The van der Waals surface area contributed by atoms with Crippen LogP contribution in [0.15, 0.2) is 54.6 Å². The number of carbonyl (C=O) groups is 4. The van der Waals surface area contributed by atoms with E-state index in [1.165, 1.54) is 0 Å². The average molecular weight is 424 g/mol. The molecule has 1 heterocycles. The molecule has 31 heavy (non-hydrogen) atoms. The molecule has 2 unspecified atom stereocenters. The van der Waals surface area contributed by atoms with Crippen LogP contribution < -0.4 is 5.32 Å². The van der Waals surface area contributed by atoms with Gasteiger partial charge in [-0.25, -0.2) is 4.79 Å². The second-order valence-corrected chi connectivity index (χ2v) is 7.06. The van der Waals surface area contributed by atoms with E-state index in [-0.39, 0.29) is 37.8 Å². The quantitative estimate of drug-likeness (QED) is 0.469. The van der Waals surface area contributed by atoms with Gasteiger partial charge in [0.15, 0.2) is 6.04 Å². The second kappa shape index (κ2) is 9.99. The van der Waals surface area contributed by atoms with Gasteiger partial charge in [0.25, 0.3) is 11.8 Å². The molecule has 2 aromatic rings. The number of aliphatic hydroxyl groups is 1. The summed E-state index contributed by atoms with van der Waals surface area (Å²) in [5.74, 6) is -2.01. The molecule has 0 radical (unpaired) electrons. The minimum atomic E-state index is -1.28. The standard InChI is InChI=1S/C23H24N2O6/c1-2-31-23(30)19(20(27)15-9-4-3-5-10-15)24-18(26)13-8-14-25-21(28)16-11-6-7-12-17(16)22(25)29/h3-7,9-12,19-20,27H,2,8,13-14H2,1H3,(H,24,26). The largest absolute Gasteiger partial charge is 0.464 e. The molecule has 0 fully saturated rings. The first-order valence-corrected chi connectivity index (χ1v) is 10.1. The Bertz CT molecular complexity index is 940. The summed E-state index contributed by atoms with van der Waals surface area (Å²) >= 11 is 0. The van der Waals surface area contributed by atoms with Gasteiger partial charge in [-0.3, -0.25) is 19.3 Å². The Morgan fingerprint density at radius 3 is 2.16 bits per heavy atom. The summed E-state index contributed by atoms with van der Waals surface area (Å²) in [6.07, 6.45) is -1.10. The monoisotopic (exact) mass is 424 g/mol. The van der Waals surface area contributed by atoms with Gasteiger partial charge in [0.1, 0.15) is 6.10 Å². The number of ether oxygens (including phenoxy) is 1. The maximum absolute atomic E-state index is 12.4. The van der Waals surface area contributed by atoms with Crippen LogP contribution in [-0.2, 0) is 14.3 Å². The van der Waals surface area contributed by atoms with Crippen molar-refractivity contribution >= 4 is 23.7 Å². The number of benzene rings is 2. The second-order valence-electron chi connectivity index (χ2n) is 7.06. The van der Waals surface area contributed by atoms with Crippen LogP contribution in [-0.4, -0.2) is 52.9 Å². The summed E-state index contributed by atoms with van der Waals surface area (Å²) in [6, 6.07) is 13.8. The Kier molecular flexibility index (Phi) is 7.15. The SMILES string of the molecule is CCOC(=O)C(NC(=O)CCCN1C(=O)c2ccccc2C1=O)C(O)c1ccccc1. The van der Waals surface area contributed by atoms with Crippen LogP contribution in [0, 0.1) is 0 Å². The lowest BCUT2D eigenvalue weighted by Crippen LogP contribution is -2.46. The summed E-state index contributed by atoms with van der Waals surface area (Å²) in [5, 5.41) is 13.1. The van der Waals surface area contributed by atoms with Gasteiger partial charge in [0.2, 0.25) is 5.91 Å². The van der Waals surface area contributed by atoms with Crippen molar-refractivity contribution in [3.63, 3.8) is 0 Å². The van der Waals surface area contributed by atoms with Crippen LogP contribution in [0.2, 0.25) is 0 Å². The molecule has 2 aromatic carbocycles. The first-order valence-electron chi connectivity index (χ1n) is 10.1. The molecule has 0 saturated heterocycles. The molecule has 162 valence electrons. The van der Waals surface area contributed by atoms with Crippen LogP contribution in [0.25, 0.3) is 0 Å². The normalized spacial score (nSPS) is 14.7. The Labute approximate surface area is 179 Å². The zero-order chi connectivity index (χ0) is 22.4. The highest BCUT2D eigenvalue weighted by Gasteiger charge is 2.35. The molecule has 3 amide bonds. The molecule has 0 spiro atoms. The molecule has 0 bridgehead atoms. The minimum absolute atomic E-state index is 0.0369. The first-order chi connectivity index (χ1) is 14.9. The van der Waals surface area contributed by atoms with Gasteiger partial charge in [-0.15, -0.1) is 0 Å². The van der Waals surface area contributed by atoms with Crippen LogP contribution in [0.1, 0.15) is 52.1 Å². The number of esters is 1. The third-order valence-corrected chi connectivity index (χ3v) is 4.98. The molecule has 8 nitrogen and oxygen atoms in total. The number of hydrogen-bond donors (Lipinski definition) is 2. The lowest BCUT2D eigenvalue weighted by Gasteiger charge is -2.23. The van der Waals surface area contributed by atoms with Crippen LogP contribution in [0.4, 0.5) is 0 Å². The molecule has 8 heteroatoms. The predicted octanol–water partition coefficient (Wildman–Crippen LogP) is 1.84. The third kappa shape index (κ3) is 4.97. The fourth-order valence-corrected chi connectivity index (χ4v) is 3.43. The third-order valence-electron chi connectivity index (χ3n) is 4.98. The number of amides is 3. The number of fused-ring (bicyclic) bond motifs is 1. The summed E-state index contributed by atoms with van der Waals surface area (Å²) in [6.45, 7) is 1.81. The van der Waals surface area contributed by atoms with Crippen molar-refractivity contribution in [2.24, 2.45) is 0 Å². The molecule has 2 N–H and O–H groups in total. The summed E-state index contributed by atoms with van der Waals surface area (Å²) in [7, 11) is 0. The molecule has 1 aliphatic rings. The van der Waals surface area contributed by atoms with E-state index >= 15 is 0 Å². The van der Waals surface area contributed by atoms with Crippen molar-refractivity contribution in [1.82, 2.24) is 10.2 Å². The van der Waals surface area contributed by atoms with Gasteiger partial charge in [0.05, 0.1) is 17.7 Å². The number of nitrogens with one attached hydrogen (secondary N) is 1. The molecular formula is C23H24N2O6. The Morgan fingerprint density at radius 1 is 1.00 bits per heavy atom. The van der Waals surface area contributed by atoms with Gasteiger partial charge >= 0.3 is 5.97 Å². The molecule has 0 aliphatic carbocycles. The number of aliphatic hydroxyl groups excluding tert-OH is 1. The predicted molar refractivity (Wildman–Crippen MR) is 111 cm³/mol. The van der Waals surface area contributed by atoms with Gasteiger partial charge in [-0.2, -0.15) is 0 Å². The van der Waals surface area contributed by atoms with E-state index < -0.39 is 24.0 Å². The summed E-state index contributed by atoms with van der Waals surface area (Å²) < 4.78 is 4.99. The number of imide groups is 1. The van der Waals surface area contributed by atoms with E-state index in [1.807, 2.05) is 0 Å². The number of rotatable bonds is 9. The van der Waals surface area contributed by atoms with Crippen LogP contribution in [0.3, 0.4) is 0 Å². The highest BCUT2D eigenvalue weighted by molar-refractivity contribution is 6.21. The van der Waals surface area contributed by atoms with Crippen molar-refractivity contribution < 1.29 is 29.0 Å². The Balaban J connectivity index is 1.58. The molecule has 0 saturated carbocycles. The molecule has 1 aliphatic heterocycles. The number of nitrogens with zero attached hydrogens (tertiary/aromatic N) is 1. The number of hydrogen-bond acceptors (Lipinski definition) is 6. The van der Waals surface area contributed by atoms with Gasteiger partial charge < -0.3 is 15.2 Å². The zero-order valence-corrected chi connectivity index (χ0v) is 17.1. The average Bonchev–Trinajstić information content (AvgIpc) is 3.03. The maximum Gasteiger partial charge on any atom is 0.331 e. The van der Waals surface area contributed by atoms with Gasteiger partial charge in [-0.1, -0.05) is 42.5 Å². The van der Waals surface area contributed by atoms with Gasteiger partial charge in [-0.05, 0) is 31.0 Å². The van der Waals surface area contributed by atoms with E-state index in [2.05, 4.69) is 5.32 Å². The van der Waals surface area contributed by atoms with Crippen molar-refractivity contribution in [2.75, 3.05) is 13.2 Å². The summed E-state index contributed by atoms with van der Waals surface area (Å²) in [5.41, 5.74) is 1.17. The van der Waals surface area contributed by atoms with Gasteiger partial charge in [0, 0.05) is 13.0 Å². The minimum Gasteiger partial charge on any atom is -0.464 e. The smallest absolute Gasteiger partial charge is 0.331 e. The van der Waals surface area contributed by atoms with Crippen molar-refractivity contribution in [1.29, 1.82) is 0 Å². The lowest BCUT2D eigenvalue weighted by molar-refractivity contribution is -0.151. The fraction of sp³-hybridized carbons (Fsp3) is 0.304. The van der Waals surface area contributed by atoms with Crippen LogP contribution in [0.5, 0.6) is 0 Å². The molecule has 3 rings (SSSR count). The van der Waals surface area contributed by atoms with E-state index in [0.717, 1.165) is 4.90 Å². The lowest BCUT2D eigenvalue weighted by atomic mass is 10.0. The van der Waals surface area contributed by atoms with E-state index in [9.17, 15) is 24.3 Å². The zero-order valence-electron chi connectivity index (χ0n) is 17.1. The van der Waals surface area contributed by atoms with E-state index in [1.54, 1.807) is 61.5 Å².